The zero-order valence-corrected chi connectivity index (χ0v) is 20.0. The Morgan fingerprint density at radius 2 is 1.91 bits per heavy atom. The molecule has 0 saturated carbocycles. The van der Waals surface area contributed by atoms with Gasteiger partial charge in [-0.3, -0.25) is 14.7 Å². The Morgan fingerprint density at radius 1 is 1.24 bits per heavy atom. The molecule has 4 rings (SSSR count). The number of nitrogens with one attached hydrogen (secondary N) is 2. The predicted molar refractivity (Wildman–Crippen MR) is 129 cm³/mol. The second-order valence-electron chi connectivity index (χ2n) is 8.45. The molecule has 0 aliphatic carbocycles. The fraction of sp³-hybridized carbons (Fsp3) is 0.333. The number of halogens is 2. The first-order chi connectivity index (χ1) is 16.3. The van der Waals surface area contributed by atoms with Gasteiger partial charge in [0.1, 0.15) is 16.8 Å². The Bertz CT molecular complexity index is 1140. The summed E-state index contributed by atoms with van der Waals surface area (Å²) in [5, 5.41) is 7.51. The van der Waals surface area contributed by atoms with Gasteiger partial charge in [-0.15, -0.1) is 4.31 Å². The highest BCUT2D eigenvalue weighted by Gasteiger charge is 2.47. The zero-order valence-electron chi connectivity index (χ0n) is 19.2. The third kappa shape index (κ3) is 4.66. The Balaban J connectivity index is 1.44. The van der Waals surface area contributed by atoms with Crippen LogP contribution < -0.4 is 15.6 Å². The highest BCUT2D eigenvalue weighted by molar-refractivity contribution is 7.92. The van der Waals surface area contributed by atoms with Crippen LogP contribution in [0.5, 0.6) is 5.75 Å². The first-order valence-corrected chi connectivity index (χ1v) is 12.1. The van der Waals surface area contributed by atoms with Gasteiger partial charge in [0, 0.05) is 35.9 Å². The summed E-state index contributed by atoms with van der Waals surface area (Å²) in [5.41, 5.74) is 3.59. The lowest BCUT2D eigenvalue weighted by molar-refractivity contribution is -0.124. The average Bonchev–Trinajstić information content (AvgIpc) is 3.14. The summed E-state index contributed by atoms with van der Waals surface area (Å²) in [4.78, 5) is 20.9. The molecule has 2 aromatic rings. The summed E-state index contributed by atoms with van der Waals surface area (Å²) < 4.78 is 40.8. The van der Waals surface area contributed by atoms with Crippen LogP contribution in [0.15, 0.2) is 40.7 Å². The van der Waals surface area contributed by atoms with Gasteiger partial charge < -0.3 is 15.2 Å². The van der Waals surface area contributed by atoms with E-state index in [0.717, 1.165) is 34.5 Å². The lowest BCUT2D eigenvalue weighted by atomic mass is 9.89. The van der Waals surface area contributed by atoms with E-state index in [0.29, 0.717) is 31.5 Å². The van der Waals surface area contributed by atoms with Gasteiger partial charge in [-0.2, -0.15) is 0 Å². The molecule has 1 spiro atoms. The van der Waals surface area contributed by atoms with Crippen LogP contribution in [0.1, 0.15) is 35.1 Å². The van der Waals surface area contributed by atoms with Crippen molar-refractivity contribution in [3.05, 3.63) is 63.8 Å². The van der Waals surface area contributed by atoms with Crippen molar-refractivity contribution < 1.29 is 23.2 Å². The summed E-state index contributed by atoms with van der Waals surface area (Å²) in [6.07, 6.45) is 2.64. The maximum Gasteiger partial charge on any atom is 0.253 e. The molecule has 0 aromatic heterocycles. The fourth-order valence-corrected chi connectivity index (χ4v) is 5.30. The Hall–Kier alpha value is -2.95. The molecule has 2 heterocycles. The van der Waals surface area contributed by atoms with Gasteiger partial charge >= 0.3 is 0 Å². The number of anilines is 1. The quantitative estimate of drug-likeness (QED) is 0.604. The van der Waals surface area contributed by atoms with Gasteiger partial charge in [0.2, 0.25) is 5.75 Å². The van der Waals surface area contributed by atoms with Crippen molar-refractivity contribution in [1.29, 1.82) is 0 Å². The molecule has 1 amide bonds. The average molecular weight is 489 g/mol. The number of carbonyl (C=O) groups excluding carboxylic acids is 1. The number of hydrogen-bond acceptors (Lipinski definition) is 6. The molecule has 1 atom stereocenters. The Morgan fingerprint density at radius 3 is 2.53 bits per heavy atom. The molecule has 34 heavy (non-hydrogen) atoms. The summed E-state index contributed by atoms with van der Waals surface area (Å²) in [5.74, 6) is -1.45. The van der Waals surface area contributed by atoms with E-state index in [-0.39, 0.29) is 11.7 Å². The number of hydrogen-bond donors (Lipinski definition) is 2. The lowest BCUT2D eigenvalue weighted by Crippen LogP contribution is -2.50. The highest BCUT2D eigenvalue weighted by atomic mass is 32.2. The smallest absolute Gasteiger partial charge is 0.253 e. The van der Waals surface area contributed by atoms with Crippen LogP contribution >= 0.6 is 0 Å². The second-order valence-corrected chi connectivity index (χ2v) is 9.79. The zero-order chi connectivity index (χ0) is 24.5. The molecule has 1 fully saturated rings. The van der Waals surface area contributed by atoms with Crippen LogP contribution in [0.4, 0.5) is 14.6 Å². The van der Waals surface area contributed by atoms with Crippen molar-refractivity contribution in [2.75, 3.05) is 25.5 Å². The minimum absolute atomic E-state index is 0.244. The standard InChI is InChI=1S/C24H26F2N4O3S/c1-15-12-18(27-3)13-16(2)19(15)6-11-34(32)30-9-7-24(8-10-30)23(31)28-22(29-24)17-4-5-20(25)21(14-17)33-26/h4-6,11-14,27H,7-10H2,1-3H3,(H,28,29,31)/b11-6+. The number of piperidine rings is 1. The van der Waals surface area contributed by atoms with Crippen molar-refractivity contribution >= 4 is 34.9 Å². The summed E-state index contributed by atoms with van der Waals surface area (Å²) >= 11 is -1.35. The first-order valence-electron chi connectivity index (χ1n) is 10.9. The molecule has 0 bridgehead atoms. The van der Waals surface area contributed by atoms with E-state index < -0.39 is 28.5 Å². The monoisotopic (exact) mass is 488 g/mol. The van der Waals surface area contributed by atoms with Crippen molar-refractivity contribution in [2.24, 2.45) is 4.99 Å². The summed E-state index contributed by atoms with van der Waals surface area (Å²) in [6.45, 7) is 4.86. The van der Waals surface area contributed by atoms with Gasteiger partial charge in [-0.25, -0.2) is 4.39 Å². The largest absolute Gasteiger partial charge is 0.593 e. The predicted octanol–water partition coefficient (Wildman–Crippen LogP) is 3.79. The number of nitrogens with zero attached hydrogens (tertiary/aromatic N) is 2. The number of amidine groups is 1. The minimum atomic E-state index is -1.35. The molecule has 1 saturated heterocycles. The van der Waals surface area contributed by atoms with E-state index >= 15 is 0 Å². The third-order valence-electron chi connectivity index (χ3n) is 6.31. The summed E-state index contributed by atoms with van der Waals surface area (Å²) in [6, 6.07) is 7.68. The van der Waals surface area contributed by atoms with E-state index in [9.17, 15) is 18.3 Å². The molecule has 180 valence electrons. The van der Waals surface area contributed by atoms with Gasteiger partial charge in [0.05, 0.1) is 11.4 Å². The maximum absolute atomic E-state index is 13.5. The molecule has 2 aromatic carbocycles. The molecule has 2 aliphatic rings. The Kier molecular flexibility index (Phi) is 6.92. The van der Waals surface area contributed by atoms with Crippen LogP contribution in [0, 0.1) is 19.7 Å². The summed E-state index contributed by atoms with van der Waals surface area (Å²) in [7, 11) is 1.87. The topological polar surface area (TPSA) is 89.0 Å². The number of amides is 1. The van der Waals surface area contributed by atoms with Crippen LogP contribution in [0.3, 0.4) is 0 Å². The molecular formula is C24H26F2N4O3S. The normalized spacial score (nSPS) is 18.8. The van der Waals surface area contributed by atoms with Gasteiger partial charge in [0.15, 0.2) is 5.82 Å². The van der Waals surface area contributed by atoms with Gasteiger partial charge in [-0.05, 0) is 79.8 Å². The first kappa shape index (κ1) is 24.2. The number of aryl methyl sites for hydroxylation is 2. The van der Waals surface area contributed by atoms with Gasteiger partial charge in [0.25, 0.3) is 5.91 Å². The molecule has 2 N–H and O–H groups in total. The van der Waals surface area contributed by atoms with Crippen LogP contribution in [0.2, 0.25) is 0 Å². The van der Waals surface area contributed by atoms with E-state index in [1.165, 1.54) is 6.07 Å². The third-order valence-corrected chi connectivity index (χ3v) is 7.55. The van der Waals surface area contributed by atoms with Crippen molar-refractivity contribution in [2.45, 2.75) is 32.2 Å². The van der Waals surface area contributed by atoms with Crippen molar-refractivity contribution in [3.63, 3.8) is 0 Å². The number of carbonyl (C=O) groups is 1. The lowest BCUT2D eigenvalue weighted by Gasteiger charge is -2.34. The minimum Gasteiger partial charge on any atom is -0.593 e. The molecule has 7 nitrogen and oxygen atoms in total. The van der Waals surface area contributed by atoms with E-state index in [2.05, 4.69) is 20.6 Å². The second kappa shape index (κ2) is 9.73. The number of benzene rings is 2. The van der Waals surface area contributed by atoms with E-state index in [4.69, 9.17) is 0 Å². The fourth-order valence-electron chi connectivity index (χ4n) is 4.33. The molecule has 1 unspecified atom stereocenters. The Labute approximate surface area is 200 Å². The van der Waals surface area contributed by atoms with Crippen molar-refractivity contribution in [3.8, 4) is 5.75 Å². The van der Waals surface area contributed by atoms with Gasteiger partial charge in [-0.1, -0.05) is 0 Å². The van der Waals surface area contributed by atoms with Crippen molar-refractivity contribution in [1.82, 2.24) is 9.62 Å². The molecule has 2 aliphatic heterocycles. The molecule has 10 heteroatoms. The van der Waals surface area contributed by atoms with Crippen LogP contribution in [0.25, 0.3) is 6.08 Å². The SMILES string of the molecule is CNc1cc(C)c(/C=C/[S+]([O-])N2CCC3(CC2)N=C(c2ccc(F)c(OF)c2)NC3=O)c(C)c1. The van der Waals surface area contributed by atoms with Crippen LogP contribution in [-0.2, 0) is 16.2 Å². The maximum atomic E-state index is 13.5. The molecule has 0 radical (unpaired) electrons. The van der Waals surface area contributed by atoms with E-state index in [1.807, 2.05) is 43.4 Å². The highest BCUT2D eigenvalue weighted by Crippen LogP contribution is 2.33. The number of rotatable bonds is 6. The van der Waals surface area contributed by atoms with Crippen LogP contribution in [-0.4, -0.2) is 46.3 Å². The van der Waals surface area contributed by atoms with E-state index in [1.54, 1.807) is 5.41 Å². The number of aliphatic imine (C=N–C) groups is 1. The molecular weight excluding hydrogens is 462 g/mol.